The van der Waals surface area contributed by atoms with Crippen LogP contribution in [0.5, 0.6) is 5.75 Å². The molecule has 0 amide bonds. The Balaban J connectivity index is 1.46. The summed E-state index contributed by atoms with van der Waals surface area (Å²) in [5, 5.41) is 3.07. The lowest BCUT2D eigenvalue weighted by atomic mass is 10.1. The molecule has 4 heterocycles. The van der Waals surface area contributed by atoms with Crippen molar-refractivity contribution in [3.63, 3.8) is 0 Å². The first kappa shape index (κ1) is 26.6. The van der Waals surface area contributed by atoms with E-state index in [2.05, 4.69) is 25.1 Å². The number of nitrogens with zero attached hydrogens (tertiary/aromatic N) is 4. The first-order chi connectivity index (χ1) is 18.7. The summed E-state index contributed by atoms with van der Waals surface area (Å²) in [5.74, 6) is 0.529. The van der Waals surface area contributed by atoms with Crippen molar-refractivity contribution in [2.24, 2.45) is 4.99 Å². The molecule has 202 valence electrons. The molecule has 9 nitrogen and oxygen atoms in total. The fraction of sp³-hybridized carbons (Fsp3) is 0.333. The molecule has 1 N–H and O–H groups in total. The summed E-state index contributed by atoms with van der Waals surface area (Å²) in [7, 11) is -3.56. The number of hydrogen-bond acceptors (Lipinski definition) is 8. The van der Waals surface area contributed by atoms with Crippen molar-refractivity contribution in [3.8, 4) is 5.75 Å². The number of rotatable bonds is 8. The number of nitrogens with one attached hydrogen (secondary N) is 1. The highest BCUT2D eigenvalue weighted by molar-refractivity contribution is 7.90. The van der Waals surface area contributed by atoms with E-state index in [1.807, 2.05) is 0 Å². The van der Waals surface area contributed by atoms with Crippen LogP contribution in [0.1, 0.15) is 29.9 Å². The fourth-order valence-electron chi connectivity index (χ4n) is 4.51. The smallest absolute Gasteiger partial charge is 0.312 e. The van der Waals surface area contributed by atoms with Crippen molar-refractivity contribution in [2.45, 2.75) is 43.1 Å². The number of halogens is 2. The first-order valence-electron chi connectivity index (χ1n) is 12.3. The van der Waals surface area contributed by atoms with Gasteiger partial charge in [-0.15, -0.1) is 4.98 Å². The molecule has 0 aliphatic carbocycles. The van der Waals surface area contributed by atoms with Gasteiger partial charge in [0.1, 0.15) is 23.2 Å². The number of para-hydroxylation sites is 1. The second kappa shape index (κ2) is 11.0. The molecule has 5 rings (SSSR count). The molecule has 0 unspecified atom stereocenters. The number of aromatic nitrogens is 2. The maximum atomic E-state index is 13.5. The van der Waals surface area contributed by atoms with Gasteiger partial charge in [-0.3, -0.25) is 4.98 Å². The molecule has 2 aliphatic rings. The predicted octanol–water partition coefficient (Wildman–Crippen LogP) is 5.22. The van der Waals surface area contributed by atoms with Crippen LogP contribution >= 0.6 is 0 Å². The van der Waals surface area contributed by atoms with Crippen LogP contribution in [0.25, 0.3) is 4.85 Å². The van der Waals surface area contributed by atoms with E-state index in [9.17, 15) is 17.2 Å². The Morgan fingerprint density at radius 2 is 1.90 bits per heavy atom. The Bertz CT molecular complexity index is 1580. The lowest BCUT2D eigenvalue weighted by Gasteiger charge is -2.23. The average Bonchev–Trinajstić information content (AvgIpc) is 3.35. The number of ether oxygens (including phenoxy) is 2. The molecule has 39 heavy (non-hydrogen) atoms. The summed E-state index contributed by atoms with van der Waals surface area (Å²) in [6.07, 6.45) is -0.137. The van der Waals surface area contributed by atoms with Gasteiger partial charge in [0.2, 0.25) is 0 Å². The minimum Gasteiger partial charge on any atom is -0.499 e. The molecule has 2 aromatic heterocycles. The van der Waals surface area contributed by atoms with E-state index >= 15 is 0 Å². The summed E-state index contributed by atoms with van der Waals surface area (Å²) in [5.41, 5.74) is 1.98. The monoisotopic (exact) mass is 553 g/mol. The van der Waals surface area contributed by atoms with Crippen molar-refractivity contribution in [3.05, 3.63) is 71.0 Å². The van der Waals surface area contributed by atoms with E-state index in [1.54, 1.807) is 36.4 Å². The van der Waals surface area contributed by atoms with Crippen LogP contribution in [0, 0.1) is 6.57 Å². The van der Waals surface area contributed by atoms with Gasteiger partial charge in [-0.25, -0.2) is 22.2 Å². The zero-order chi connectivity index (χ0) is 27.6. The van der Waals surface area contributed by atoms with Crippen LogP contribution in [-0.2, 0) is 27.4 Å². The van der Waals surface area contributed by atoms with Crippen molar-refractivity contribution in [1.82, 2.24) is 9.97 Å². The molecule has 3 aromatic rings. The molecule has 2 aliphatic heterocycles. The molecular formula is C27H25F2N5O4S. The van der Waals surface area contributed by atoms with Gasteiger partial charge in [0.05, 0.1) is 53.0 Å². The maximum Gasteiger partial charge on any atom is 0.312 e. The average molecular weight is 554 g/mol. The van der Waals surface area contributed by atoms with Gasteiger partial charge < -0.3 is 19.6 Å². The van der Waals surface area contributed by atoms with Crippen molar-refractivity contribution >= 4 is 38.4 Å². The van der Waals surface area contributed by atoms with Gasteiger partial charge in [0.25, 0.3) is 6.43 Å². The summed E-state index contributed by atoms with van der Waals surface area (Å²) in [4.78, 5) is 16.7. The molecule has 1 saturated heterocycles. The third-order valence-electron chi connectivity index (χ3n) is 6.36. The SMILES string of the molecule is [C-]#[N+]c1nc(Cc2cc(Nc3ccccc3S(C)(=O)=O)c3c(n2)CC(C(F)F)=N3)ccc1OC1CCOCC1. The molecule has 0 atom stereocenters. The summed E-state index contributed by atoms with van der Waals surface area (Å²) >= 11 is 0. The van der Waals surface area contributed by atoms with Gasteiger partial charge >= 0.3 is 5.82 Å². The summed E-state index contributed by atoms with van der Waals surface area (Å²) < 4.78 is 63.0. The van der Waals surface area contributed by atoms with E-state index in [1.165, 1.54) is 6.07 Å². The van der Waals surface area contributed by atoms with Gasteiger partial charge in [-0.2, -0.15) is 0 Å². The highest BCUT2D eigenvalue weighted by Crippen LogP contribution is 2.39. The third-order valence-corrected chi connectivity index (χ3v) is 7.51. The Kier molecular flexibility index (Phi) is 7.54. The molecule has 0 bridgehead atoms. The Morgan fingerprint density at radius 3 is 2.62 bits per heavy atom. The van der Waals surface area contributed by atoms with Crippen LogP contribution in [0.2, 0.25) is 0 Å². The second-order valence-electron chi connectivity index (χ2n) is 9.27. The number of sulfone groups is 1. The molecule has 1 aromatic carbocycles. The van der Waals surface area contributed by atoms with Crippen molar-refractivity contribution < 1.29 is 26.7 Å². The van der Waals surface area contributed by atoms with Crippen molar-refractivity contribution in [1.29, 1.82) is 0 Å². The fourth-order valence-corrected chi connectivity index (χ4v) is 5.35. The van der Waals surface area contributed by atoms with E-state index < -0.39 is 16.3 Å². The summed E-state index contributed by atoms with van der Waals surface area (Å²) in [6, 6.07) is 11.4. The third kappa shape index (κ3) is 6.05. The quantitative estimate of drug-likeness (QED) is 0.381. The molecule has 1 fully saturated rings. The minimum absolute atomic E-state index is 0.0437. The lowest BCUT2D eigenvalue weighted by Crippen LogP contribution is -2.25. The maximum absolute atomic E-state index is 13.5. The summed E-state index contributed by atoms with van der Waals surface area (Å²) in [6.45, 7) is 8.78. The van der Waals surface area contributed by atoms with E-state index in [0.29, 0.717) is 47.4 Å². The van der Waals surface area contributed by atoms with Crippen LogP contribution in [-0.4, -0.2) is 56.1 Å². The van der Waals surface area contributed by atoms with Crippen LogP contribution in [0.4, 0.5) is 31.7 Å². The number of aliphatic imine (C=N–C) groups is 1. The Hall–Kier alpha value is -3.95. The molecule has 0 spiro atoms. The predicted molar refractivity (Wildman–Crippen MR) is 142 cm³/mol. The zero-order valence-electron chi connectivity index (χ0n) is 21.0. The second-order valence-corrected chi connectivity index (χ2v) is 11.3. The normalized spacial score (nSPS) is 15.5. The molecule has 0 radical (unpaired) electrons. The van der Waals surface area contributed by atoms with Crippen molar-refractivity contribution in [2.75, 3.05) is 24.8 Å². The minimum atomic E-state index is -3.56. The van der Waals surface area contributed by atoms with Gasteiger partial charge in [-0.05, 0) is 30.3 Å². The van der Waals surface area contributed by atoms with Crippen LogP contribution in [0.3, 0.4) is 0 Å². The van der Waals surface area contributed by atoms with E-state index in [0.717, 1.165) is 19.1 Å². The highest BCUT2D eigenvalue weighted by Gasteiger charge is 2.27. The lowest BCUT2D eigenvalue weighted by molar-refractivity contribution is 0.0258. The number of benzene rings is 1. The van der Waals surface area contributed by atoms with E-state index in [-0.39, 0.29) is 41.1 Å². The zero-order valence-corrected chi connectivity index (χ0v) is 21.8. The molecular weight excluding hydrogens is 528 g/mol. The molecule has 12 heteroatoms. The molecule has 0 saturated carbocycles. The first-order valence-corrected chi connectivity index (χ1v) is 14.2. The highest BCUT2D eigenvalue weighted by atomic mass is 32.2. The number of pyridine rings is 2. The number of alkyl halides is 2. The van der Waals surface area contributed by atoms with E-state index in [4.69, 9.17) is 16.0 Å². The van der Waals surface area contributed by atoms with Gasteiger partial charge in [0, 0.05) is 25.5 Å². The Morgan fingerprint density at radius 1 is 1.13 bits per heavy atom. The topological polar surface area (TPSA) is 107 Å². The number of anilines is 2. The largest absolute Gasteiger partial charge is 0.499 e. The Labute approximate surface area is 224 Å². The standard InChI is InChI=1S/C27H25F2N5O4S/c1-30-27-23(38-18-9-11-37-12-10-18)8-7-16(32-27)13-17-14-20(25-21(31-17)15-22(34-25)26(28)29)33-19-5-3-4-6-24(19)39(2,35)36/h3-8,14,18,26H,9-13,15H2,2H3,(H,31,33). The number of hydrogen-bond donors (Lipinski definition) is 1. The van der Waals surface area contributed by atoms with Crippen LogP contribution in [0.15, 0.2) is 52.4 Å². The van der Waals surface area contributed by atoms with Gasteiger partial charge in [-0.1, -0.05) is 18.7 Å². The van der Waals surface area contributed by atoms with Crippen LogP contribution < -0.4 is 10.1 Å². The number of fused-ring (bicyclic) bond motifs is 1. The van der Waals surface area contributed by atoms with Gasteiger partial charge in [0.15, 0.2) is 9.84 Å².